The van der Waals surface area contributed by atoms with Crippen LogP contribution >= 0.6 is 0 Å². The lowest BCUT2D eigenvalue weighted by atomic mass is 10.1. The molecule has 2 aromatic rings. The minimum absolute atomic E-state index is 0.0686. The first kappa shape index (κ1) is 19.9. The zero-order chi connectivity index (χ0) is 20.0. The predicted octanol–water partition coefficient (Wildman–Crippen LogP) is 3.57. The molecule has 0 bridgehead atoms. The number of alkyl halides is 3. The summed E-state index contributed by atoms with van der Waals surface area (Å²) in [5.41, 5.74) is 2.51. The van der Waals surface area contributed by atoms with E-state index in [2.05, 4.69) is 15.8 Å². The van der Waals surface area contributed by atoms with Crippen LogP contribution in [0.5, 0.6) is 0 Å². The van der Waals surface area contributed by atoms with Crippen LogP contribution in [0.15, 0.2) is 53.6 Å². The van der Waals surface area contributed by atoms with Crippen LogP contribution in [0.3, 0.4) is 0 Å². The molecule has 2 aromatic carbocycles. The third-order valence-electron chi connectivity index (χ3n) is 3.49. The van der Waals surface area contributed by atoms with Crippen molar-refractivity contribution in [2.24, 2.45) is 5.10 Å². The Morgan fingerprint density at radius 2 is 1.85 bits per heavy atom. The van der Waals surface area contributed by atoms with E-state index in [-0.39, 0.29) is 17.9 Å². The average molecular weight is 380 g/mol. The highest BCUT2D eigenvalue weighted by Crippen LogP contribution is 2.30. The largest absolute Gasteiger partial charge is 0.416 e. The Balaban J connectivity index is 1.92. The molecule has 0 saturated heterocycles. The monoisotopic (exact) mass is 380 g/mol. The van der Waals surface area contributed by atoms with E-state index in [9.17, 15) is 28.1 Å². The molecule has 7 nitrogen and oxygen atoms in total. The highest BCUT2D eigenvalue weighted by Gasteiger charge is 2.30. The van der Waals surface area contributed by atoms with Crippen molar-refractivity contribution in [2.75, 3.05) is 11.9 Å². The fourth-order valence-electron chi connectivity index (χ4n) is 2.06. The van der Waals surface area contributed by atoms with Gasteiger partial charge in [-0.25, -0.2) is 5.43 Å². The lowest BCUT2D eigenvalue weighted by molar-refractivity contribution is -0.384. The van der Waals surface area contributed by atoms with Crippen LogP contribution in [-0.2, 0) is 11.0 Å². The van der Waals surface area contributed by atoms with Gasteiger partial charge in [-0.3, -0.25) is 14.9 Å². The van der Waals surface area contributed by atoms with Gasteiger partial charge in [-0.1, -0.05) is 6.07 Å². The van der Waals surface area contributed by atoms with Gasteiger partial charge in [-0.2, -0.15) is 18.3 Å². The number of benzene rings is 2. The maximum Gasteiger partial charge on any atom is 0.416 e. The Kier molecular flexibility index (Phi) is 6.11. The zero-order valence-corrected chi connectivity index (χ0v) is 14.1. The van der Waals surface area contributed by atoms with Crippen LogP contribution < -0.4 is 10.7 Å². The van der Waals surface area contributed by atoms with Crippen LogP contribution in [0.25, 0.3) is 0 Å². The van der Waals surface area contributed by atoms with Crippen LogP contribution in [0.4, 0.5) is 24.5 Å². The number of hydrogen-bond donors (Lipinski definition) is 2. The number of nitro groups is 1. The van der Waals surface area contributed by atoms with Crippen molar-refractivity contribution >= 4 is 23.0 Å². The van der Waals surface area contributed by atoms with Gasteiger partial charge in [0.2, 0.25) is 0 Å². The number of hydrogen-bond acceptors (Lipinski definition) is 5. The first-order chi connectivity index (χ1) is 12.7. The summed E-state index contributed by atoms with van der Waals surface area (Å²) >= 11 is 0. The van der Waals surface area contributed by atoms with Gasteiger partial charge in [-0.15, -0.1) is 0 Å². The van der Waals surface area contributed by atoms with Crippen molar-refractivity contribution in [1.82, 2.24) is 5.43 Å². The van der Waals surface area contributed by atoms with Crippen molar-refractivity contribution in [2.45, 2.75) is 13.1 Å². The lowest BCUT2D eigenvalue weighted by Gasteiger charge is -2.10. The summed E-state index contributed by atoms with van der Waals surface area (Å²) in [4.78, 5) is 21.9. The summed E-state index contributed by atoms with van der Waals surface area (Å²) in [6, 6.07) is 10.1. The molecule has 2 rings (SSSR count). The van der Waals surface area contributed by atoms with Crippen molar-refractivity contribution in [3.8, 4) is 0 Å². The molecule has 0 aliphatic carbocycles. The molecular formula is C17H15F3N4O3. The molecule has 1 amide bonds. The smallest absolute Gasteiger partial charge is 0.376 e. The van der Waals surface area contributed by atoms with Gasteiger partial charge in [0.1, 0.15) is 0 Å². The summed E-state index contributed by atoms with van der Waals surface area (Å²) in [5.74, 6) is -0.561. The minimum atomic E-state index is -4.47. The predicted molar refractivity (Wildman–Crippen MR) is 93.4 cm³/mol. The number of nitro benzene ring substituents is 1. The van der Waals surface area contributed by atoms with Gasteiger partial charge >= 0.3 is 6.18 Å². The van der Waals surface area contributed by atoms with E-state index in [0.717, 1.165) is 12.1 Å². The van der Waals surface area contributed by atoms with Gasteiger partial charge < -0.3 is 5.32 Å². The first-order valence-corrected chi connectivity index (χ1v) is 7.66. The Morgan fingerprint density at radius 3 is 2.44 bits per heavy atom. The third kappa shape index (κ3) is 5.80. The SMILES string of the molecule is C/C(=N/NC(=O)CNc1cccc(C(F)(F)F)c1)c1ccc([N+](=O)[O-])cc1. The standard InChI is InChI=1S/C17H15F3N4O3/c1-11(12-5-7-15(8-6-12)24(26)27)22-23-16(25)10-21-14-4-2-3-13(9-14)17(18,19)20/h2-9,21H,10H2,1H3,(H,23,25)/b22-11-. The third-order valence-corrected chi connectivity index (χ3v) is 3.49. The topological polar surface area (TPSA) is 96.6 Å². The van der Waals surface area contributed by atoms with Crippen LogP contribution in [0.1, 0.15) is 18.1 Å². The molecule has 27 heavy (non-hydrogen) atoms. The summed E-state index contributed by atoms with van der Waals surface area (Å²) in [5, 5.41) is 17.1. The number of carbonyl (C=O) groups is 1. The van der Waals surface area contributed by atoms with E-state index in [1.807, 2.05) is 0 Å². The van der Waals surface area contributed by atoms with Crippen molar-refractivity contribution in [3.63, 3.8) is 0 Å². The van der Waals surface area contributed by atoms with Gasteiger partial charge in [0.25, 0.3) is 11.6 Å². The number of nitrogens with zero attached hydrogens (tertiary/aromatic N) is 2. The Bertz CT molecular complexity index is 864. The fraction of sp³-hybridized carbons (Fsp3) is 0.176. The molecule has 2 N–H and O–H groups in total. The number of halogens is 3. The second-order valence-electron chi connectivity index (χ2n) is 5.47. The number of nitrogens with one attached hydrogen (secondary N) is 2. The van der Waals surface area contributed by atoms with Gasteiger partial charge in [0, 0.05) is 17.8 Å². The highest BCUT2D eigenvalue weighted by atomic mass is 19.4. The molecule has 0 aliphatic heterocycles. The molecule has 142 valence electrons. The molecule has 0 aromatic heterocycles. The van der Waals surface area contributed by atoms with E-state index >= 15 is 0 Å². The van der Waals surface area contributed by atoms with Crippen molar-refractivity contribution < 1.29 is 22.9 Å². The number of rotatable bonds is 6. The maximum absolute atomic E-state index is 12.6. The normalized spacial score (nSPS) is 11.8. The highest BCUT2D eigenvalue weighted by molar-refractivity contribution is 5.99. The van der Waals surface area contributed by atoms with Gasteiger partial charge in [-0.05, 0) is 42.8 Å². The fourth-order valence-corrected chi connectivity index (χ4v) is 2.06. The van der Waals surface area contributed by atoms with Gasteiger partial charge in [0.05, 0.1) is 22.7 Å². The quantitative estimate of drug-likeness (QED) is 0.455. The van der Waals surface area contributed by atoms with Crippen LogP contribution in [-0.4, -0.2) is 23.1 Å². The molecule has 0 aliphatic rings. The second kappa shape index (κ2) is 8.30. The summed E-state index contributed by atoms with van der Waals surface area (Å²) in [6.45, 7) is 1.32. The number of non-ortho nitro benzene ring substituents is 1. The molecule has 0 radical (unpaired) electrons. The molecule has 0 atom stereocenters. The molecule has 0 fully saturated rings. The van der Waals surface area contributed by atoms with E-state index in [0.29, 0.717) is 11.3 Å². The number of carbonyl (C=O) groups excluding carboxylic acids is 1. The summed E-state index contributed by atoms with van der Waals surface area (Å²) in [6.07, 6.45) is -4.47. The number of amides is 1. The van der Waals surface area contributed by atoms with E-state index in [1.54, 1.807) is 6.92 Å². The van der Waals surface area contributed by atoms with E-state index < -0.39 is 22.6 Å². The van der Waals surface area contributed by atoms with Crippen LogP contribution in [0, 0.1) is 10.1 Å². The molecule has 0 heterocycles. The molecule has 0 saturated carbocycles. The molecule has 10 heteroatoms. The molecule has 0 spiro atoms. The van der Waals surface area contributed by atoms with E-state index in [4.69, 9.17) is 0 Å². The van der Waals surface area contributed by atoms with Crippen LogP contribution in [0.2, 0.25) is 0 Å². The number of anilines is 1. The maximum atomic E-state index is 12.6. The van der Waals surface area contributed by atoms with Crippen molar-refractivity contribution in [3.05, 3.63) is 69.8 Å². The summed E-state index contributed by atoms with van der Waals surface area (Å²) in [7, 11) is 0. The lowest BCUT2D eigenvalue weighted by Crippen LogP contribution is -2.26. The second-order valence-corrected chi connectivity index (χ2v) is 5.47. The minimum Gasteiger partial charge on any atom is -0.376 e. The molecule has 0 unspecified atom stereocenters. The zero-order valence-electron chi connectivity index (χ0n) is 14.1. The van der Waals surface area contributed by atoms with Crippen molar-refractivity contribution in [1.29, 1.82) is 0 Å². The first-order valence-electron chi connectivity index (χ1n) is 7.66. The number of hydrazone groups is 1. The Labute approximate surface area is 152 Å². The average Bonchev–Trinajstić information content (AvgIpc) is 2.64. The summed E-state index contributed by atoms with van der Waals surface area (Å²) < 4.78 is 37.9. The molecular weight excluding hydrogens is 365 g/mol. The van der Waals surface area contributed by atoms with Gasteiger partial charge in [0.15, 0.2) is 0 Å². The Hall–Kier alpha value is -3.43. The van der Waals surface area contributed by atoms with E-state index in [1.165, 1.54) is 36.4 Å². The Morgan fingerprint density at radius 1 is 1.19 bits per heavy atom.